The Morgan fingerprint density at radius 1 is 1.04 bits per heavy atom. The van der Waals surface area contributed by atoms with Gasteiger partial charge in [-0.3, -0.25) is 4.79 Å². The van der Waals surface area contributed by atoms with Crippen molar-refractivity contribution in [2.45, 2.75) is 12.8 Å². The molecule has 2 aliphatic rings. The SMILES string of the molecule is CN1CCN(C)[P]1(On1cc(C(=O)c2ccccc2)nn1)N1CCCC1. The Kier molecular flexibility index (Phi) is 4.75. The maximum atomic E-state index is 12.6. The van der Waals surface area contributed by atoms with Crippen LogP contribution in [-0.4, -0.2) is 75.2 Å². The number of hydrogen-bond acceptors (Lipinski definition) is 7. The van der Waals surface area contributed by atoms with Gasteiger partial charge in [-0.2, -0.15) is 0 Å². The lowest BCUT2D eigenvalue weighted by molar-refractivity contribution is 0.103. The van der Waals surface area contributed by atoms with Gasteiger partial charge in [0.15, 0.2) is 5.69 Å². The molecule has 1 aromatic carbocycles. The van der Waals surface area contributed by atoms with Crippen LogP contribution in [-0.2, 0) is 0 Å². The van der Waals surface area contributed by atoms with Gasteiger partial charge in [-0.05, 0) is 32.2 Å². The largest absolute Gasteiger partial charge is 0.336 e. The van der Waals surface area contributed by atoms with E-state index in [1.54, 1.807) is 18.3 Å². The lowest BCUT2D eigenvalue weighted by atomic mass is 10.1. The van der Waals surface area contributed by atoms with Crippen molar-refractivity contribution in [3.63, 3.8) is 0 Å². The average Bonchev–Trinajstić information content (AvgIpc) is 3.40. The minimum absolute atomic E-state index is 0.151. The quantitative estimate of drug-likeness (QED) is 0.581. The van der Waals surface area contributed by atoms with E-state index < -0.39 is 7.94 Å². The van der Waals surface area contributed by atoms with E-state index in [1.165, 1.54) is 17.7 Å². The zero-order valence-corrected chi connectivity index (χ0v) is 16.0. The second-order valence-corrected chi connectivity index (χ2v) is 9.84. The van der Waals surface area contributed by atoms with Gasteiger partial charge >= 0.3 is 0 Å². The minimum Gasteiger partial charge on any atom is -0.336 e. The van der Waals surface area contributed by atoms with E-state index in [2.05, 4.69) is 38.4 Å². The van der Waals surface area contributed by atoms with Gasteiger partial charge in [-0.1, -0.05) is 35.2 Å². The number of ketones is 1. The second kappa shape index (κ2) is 7.04. The summed E-state index contributed by atoms with van der Waals surface area (Å²) >= 11 is 0. The van der Waals surface area contributed by atoms with Crippen molar-refractivity contribution >= 4 is 13.7 Å². The second-order valence-electron chi connectivity index (χ2n) is 6.72. The molecule has 0 atom stereocenters. The average molecular weight is 375 g/mol. The summed E-state index contributed by atoms with van der Waals surface area (Å²) in [6.07, 6.45) is 3.96. The molecule has 26 heavy (non-hydrogen) atoms. The number of rotatable bonds is 5. The summed E-state index contributed by atoms with van der Waals surface area (Å²) in [5, 5.41) is 8.13. The summed E-state index contributed by atoms with van der Waals surface area (Å²) in [5.74, 6) is -0.151. The van der Waals surface area contributed by atoms with Crippen LogP contribution in [0.4, 0.5) is 0 Å². The zero-order valence-electron chi connectivity index (χ0n) is 15.2. The number of benzene rings is 1. The fourth-order valence-electron chi connectivity index (χ4n) is 3.62. The number of carbonyl (C=O) groups is 1. The lowest BCUT2D eigenvalue weighted by Crippen LogP contribution is -2.40. The van der Waals surface area contributed by atoms with E-state index in [1.807, 2.05) is 18.2 Å². The van der Waals surface area contributed by atoms with E-state index >= 15 is 0 Å². The molecule has 8 nitrogen and oxygen atoms in total. The van der Waals surface area contributed by atoms with Crippen LogP contribution in [0.15, 0.2) is 36.5 Å². The summed E-state index contributed by atoms with van der Waals surface area (Å²) in [5.41, 5.74) is 0.888. The van der Waals surface area contributed by atoms with Gasteiger partial charge in [0, 0.05) is 31.7 Å². The van der Waals surface area contributed by atoms with Crippen molar-refractivity contribution in [2.75, 3.05) is 40.3 Å². The first kappa shape index (κ1) is 17.5. The Balaban J connectivity index is 1.59. The van der Waals surface area contributed by atoms with Crippen LogP contribution in [0.3, 0.4) is 0 Å². The number of hydrogen-bond donors (Lipinski definition) is 0. The molecule has 9 heteroatoms. The van der Waals surface area contributed by atoms with Crippen molar-refractivity contribution in [3.05, 3.63) is 47.8 Å². The molecule has 0 saturated carbocycles. The topological polar surface area (TPSA) is 66.7 Å². The molecule has 139 valence electrons. The van der Waals surface area contributed by atoms with Gasteiger partial charge in [-0.25, -0.2) is 14.0 Å². The van der Waals surface area contributed by atoms with Gasteiger partial charge in [0.1, 0.15) is 0 Å². The molecule has 0 aliphatic carbocycles. The summed E-state index contributed by atoms with van der Waals surface area (Å²) in [7, 11) is 2.06. The van der Waals surface area contributed by atoms with Gasteiger partial charge in [0.25, 0.3) is 7.94 Å². The van der Waals surface area contributed by atoms with E-state index in [4.69, 9.17) is 4.62 Å². The first-order chi connectivity index (χ1) is 12.6. The predicted molar refractivity (Wildman–Crippen MR) is 99.5 cm³/mol. The summed E-state index contributed by atoms with van der Waals surface area (Å²) in [6, 6.07) is 9.11. The van der Waals surface area contributed by atoms with E-state index in [0.717, 1.165) is 26.2 Å². The molecule has 1 radical (unpaired) electrons. The number of likely N-dealkylation sites (N-methyl/N-ethyl adjacent to an activating group) is 2. The van der Waals surface area contributed by atoms with Crippen LogP contribution in [0.1, 0.15) is 28.9 Å². The fraction of sp³-hybridized carbons (Fsp3) is 0.471. The predicted octanol–water partition coefficient (Wildman–Crippen LogP) is 1.59. The Labute approximate surface area is 153 Å². The minimum atomic E-state index is -2.14. The molecule has 0 amide bonds. The normalized spacial score (nSPS) is 21.3. The lowest BCUT2D eigenvalue weighted by Gasteiger charge is -2.45. The van der Waals surface area contributed by atoms with Crippen molar-refractivity contribution in [2.24, 2.45) is 0 Å². The molecule has 0 bridgehead atoms. The molecule has 0 N–H and O–H groups in total. The summed E-state index contributed by atoms with van der Waals surface area (Å²) < 4.78 is 13.4. The third kappa shape index (κ3) is 2.93. The molecule has 0 spiro atoms. The molecule has 2 aromatic rings. The van der Waals surface area contributed by atoms with Crippen LogP contribution in [0.5, 0.6) is 0 Å². The molecule has 2 saturated heterocycles. The van der Waals surface area contributed by atoms with Crippen molar-refractivity contribution in [1.82, 2.24) is 29.2 Å². The van der Waals surface area contributed by atoms with Crippen LogP contribution >= 0.6 is 7.94 Å². The third-order valence-electron chi connectivity index (χ3n) is 5.02. The number of aromatic nitrogens is 3. The van der Waals surface area contributed by atoms with Gasteiger partial charge in [0.05, 0.1) is 6.20 Å². The Hall–Kier alpha value is -1.86. The standard InChI is InChI=1S/C17H24N6O2P/c1-20-12-13-21(2)26(20,22-10-6-7-11-22)25-23-14-16(18-19-23)17(24)15-8-4-3-5-9-15/h3-5,8-9,14H,6-7,10-13H2,1-2H3. The highest BCUT2D eigenvalue weighted by Gasteiger charge is 2.51. The number of carbonyl (C=O) groups excluding carboxylic acids is 1. The third-order valence-corrected chi connectivity index (χ3v) is 8.73. The highest BCUT2D eigenvalue weighted by Crippen LogP contribution is 2.67. The maximum Gasteiger partial charge on any atom is 0.264 e. The van der Waals surface area contributed by atoms with Gasteiger partial charge < -0.3 is 4.62 Å². The monoisotopic (exact) mass is 375 g/mol. The molecule has 2 aliphatic heterocycles. The van der Waals surface area contributed by atoms with Crippen molar-refractivity contribution < 1.29 is 9.42 Å². The first-order valence-corrected chi connectivity index (χ1v) is 10.5. The zero-order chi connectivity index (χ0) is 18.1. The van der Waals surface area contributed by atoms with E-state index in [-0.39, 0.29) is 5.78 Å². The molecule has 4 rings (SSSR count). The van der Waals surface area contributed by atoms with Gasteiger partial charge in [0.2, 0.25) is 5.78 Å². The van der Waals surface area contributed by atoms with E-state index in [0.29, 0.717) is 11.3 Å². The molecule has 0 unspecified atom stereocenters. The van der Waals surface area contributed by atoms with Crippen LogP contribution in [0.25, 0.3) is 0 Å². The van der Waals surface area contributed by atoms with E-state index in [9.17, 15) is 4.79 Å². The highest BCUT2D eigenvalue weighted by atomic mass is 31.2. The summed E-state index contributed by atoms with van der Waals surface area (Å²) in [6.45, 7) is 3.94. The Bertz CT molecular complexity index is 767. The maximum absolute atomic E-state index is 12.6. The van der Waals surface area contributed by atoms with Crippen LogP contribution < -0.4 is 4.62 Å². The Morgan fingerprint density at radius 3 is 2.35 bits per heavy atom. The summed E-state index contributed by atoms with van der Waals surface area (Å²) in [4.78, 5) is 13.9. The van der Waals surface area contributed by atoms with Crippen LogP contribution in [0, 0.1) is 0 Å². The number of nitrogens with zero attached hydrogens (tertiary/aromatic N) is 6. The first-order valence-electron chi connectivity index (χ1n) is 8.91. The van der Waals surface area contributed by atoms with Crippen molar-refractivity contribution in [3.8, 4) is 0 Å². The highest BCUT2D eigenvalue weighted by molar-refractivity contribution is 7.64. The Morgan fingerprint density at radius 2 is 1.69 bits per heavy atom. The van der Waals surface area contributed by atoms with Crippen molar-refractivity contribution in [1.29, 1.82) is 0 Å². The fourth-order valence-corrected chi connectivity index (χ4v) is 7.17. The van der Waals surface area contributed by atoms with Crippen LogP contribution in [0.2, 0.25) is 0 Å². The molecule has 3 heterocycles. The molecular formula is C17H24N6O2P. The smallest absolute Gasteiger partial charge is 0.264 e. The molecular weight excluding hydrogens is 351 g/mol. The molecule has 1 aromatic heterocycles. The molecule has 2 fully saturated rings. The van der Waals surface area contributed by atoms with Gasteiger partial charge in [-0.15, -0.1) is 5.10 Å².